The maximum Gasteiger partial charge on any atom is 0.302 e. The molecule has 0 spiro atoms. The summed E-state index contributed by atoms with van der Waals surface area (Å²) in [4.78, 5) is 10.6. The summed E-state index contributed by atoms with van der Waals surface area (Å²) in [5, 5.41) is 0. The fraction of sp³-hybridized carbons (Fsp3) is 0.950. The fourth-order valence-electron chi connectivity index (χ4n) is 4.36. The normalized spacial score (nSPS) is 26.1. The van der Waals surface area contributed by atoms with Crippen LogP contribution >= 0.6 is 0 Å². The Bertz CT molecular complexity index is 315. The van der Waals surface area contributed by atoms with Crippen LogP contribution in [-0.4, -0.2) is 25.3 Å². The van der Waals surface area contributed by atoms with E-state index in [2.05, 4.69) is 0 Å². The maximum absolute atomic E-state index is 10.6. The molecule has 0 unspecified atom stereocenters. The lowest BCUT2D eigenvalue weighted by Crippen LogP contribution is -2.27. The van der Waals surface area contributed by atoms with Crippen LogP contribution in [0.25, 0.3) is 0 Å². The van der Waals surface area contributed by atoms with E-state index >= 15 is 0 Å². The predicted molar refractivity (Wildman–Crippen MR) is 93.4 cm³/mol. The van der Waals surface area contributed by atoms with Crippen LogP contribution < -0.4 is 0 Å². The summed E-state index contributed by atoms with van der Waals surface area (Å²) in [6.45, 7) is 2.95. The Kier molecular flexibility index (Phi) is 9.03. The van der Waals surface area contributed by atoms with Crippen LogP contribution in [0, 0.1) is 11.8 Å². The molecule has 0 atom stereocenters. The molecule has 0 bridgehead atoms. The zero-order valence-electron chi connectivity index (χ0n) is 15.1. The van der Waals surface area contributed by atoms with Gasteiger partial charge < -0.3 is 9.47 Å². The van der Waals surface area contributed by atoms with Gasteiger partial charge in [0.05, 0.1) is 12.7 Å². The molecular weight excluding hydrogens is 288 g/mol. The largest absolute Gasteiger partial charge is 0.466 e. The number of carbonyl (C=O) groups excluding carboxylic acids is 1. The van der Waals surface area contributed by atoms with Gasteiger partial charge in [-0.1, -0.05) is 38.5 Å². The number of hydrogen-bond donors (Lipinski definition) is 0. The SMILES string of the molecule is CC(=O)OCCCCCCOC1CCC(C2CCCCC2)CC1. The molecule has 2 fully saturated rings. The standard InChI is InChI=1S/C20H36O3/c1-17(21)22-15-7-2-3-8-16-23-20-13-11-19(12-14-20)18-9-5-4-6-10-18/h18-20H,2-16H2,1H3. The van der Waals surface area contributed by atoms with Gasteiger partial charge in [0.2, 0.25) is 0 Å². The first-order chi connectivity index (χ1) is 11.3. The van der Waals surface area contributed by atoms with Crippen molar-refractivity contribution in [3.8, 4) is 0 Å². The van der Waals surface area contributed by atoms with Gasteiger partial charge in [-0.3, -0.25) is 4.79 Å². The average Bonchev–Trinajstić information content (AvgIpc) is 2.58. The Morgan fingerprint density at radius 2 is 1.39 bits per heavy atom. The lowest BCUT2D eigenvalue weighted by atomic mass is 9.73. The van der Waals surface area contributed by atoms with E-state index in [1.807, 2.05) is 0 Å². The molecule has 0 aliphatic heterocycles. The minimum absolute atomic E-state index is 0.169. The maximum atomic E-state index is 10.6. The average molecular weight is 325 g/mol. The van der Waals surface area contributed by atoms with Crippen molar-refractivity contribution >= 4 is 5.97 Å². The highest BCUT2D eigenvalue weighted by molar-refractivity contribution is 5.65. The van der Waals surface area contributed by atoms with Gasteiger partial charge in [-0.15, -0.1) is 0 Å². The number of hydrogen-bond acceptors (Lipinski definition) is 3. The van der Waals surface area contributed by atoms with Crippen LogP contribution in [0.15, 0.2) is 0 Å². The van der Waals surface area contributed by atoms with Gasteiger partial charge in [-0.2, -0.15) is 0 Å². The summed E-state index contributed by atoms with van der Waals surface area (Å²) in [5.74, 6) is 1.86. The summed E-state index contributed by atoms with van der Waals surface area (Å²) in [7, 11) is 0. The topological polar surface area (TPSA) is 35.5 Å². The Morgan fingerprint density at radius 1 is 0.783 bits per heavy atom. The molecule has 0 radical (unpaired) electrons. The summed E-state index contributed by atoms with van der Waals surface area (Å²) >= 11 is 0. The van der Waals surface area contributed by atoms with Crippen LogP contribution in [0.3, 0.4) is 0 Å². The van der Waals surface area contributed by atoms with Gasteiger partial charge >= 0.3 is 5.97 Å². The highest BCUT2D eigenvalue weighted by Crippen LogP contribution is 2.38. The molecule has 23 heavy (non-hydrogen) atoms. The Balaban J connectivity index is 1.43. The third-order valence-corrected chi connectivity index (χ3v) is 5.73. The second-order valence-corrected chi connectivity index (χ2v) is 7.56. The Morgan fingerprint density at radius 3 is 2.04 bits per heavy atom. The van der Waals surface area contributed by atoms with Gasteiger partial charge in [-0.25, -0.2) is 0 Å². The monoisotopic (exact) mass is 324 g/mol. The second-order valence-electron chi connectivity index (χ2n) is 7.56. The van der Waals surface area contributed by atoms with E-state index in [0.717, 1.165) is 37.7 Å². The third-order valence-electron chi connectivity index (χ3n) is 5.73. The van der Waals surface area contributed by atoms with Gasteiger partial charge in [0.25, 0.3) is 0 Å². The van der Waals surface area contributed by atoms with E-state index in [0.29, 0.717) is 12.7 Å². The second kappa shape index (κ2) is 11.1. The molecular formula is C20H36O3. The first-order valence-corrected chi connectivity index (χ1v) is 10.0. The molecule has 0 aromatic rings. The quantitative estimate of drug-likeness (QED) is 0.428. The van der Waals surface area contributed by atoms with E-state index in [9.17, 15) is 4.79 Å². The molecule has 134 valence electrons. The van der Waals surface area contributed by atoms with Gasteiger partial charge in [0, 0.05) is 13.5 Å². The summed E-state index contributed by atoms with van der Waals surface area (Å²) in [5.41, 5.74) is 0. The van der Waals surface area contributed by atoms with Crippen molar-refractivity contribution in [1.82, 2.24) is 0 Å². The Labute approximate surface area is 142 Å². The Hall–Kier alpha value is -0.570. The summed E-state index contributed by atoms with van der Waals surface area (Å²) < 4.78 is 11.0. The van der Waals surface area contributed by atoms with Crippen molar-refractivity contribution in [2.45, 2.75) is 96.5 Å². The highest BCUT2D eigenvalue weighted by Gasteiger charge is 2.28. The van der Waals surface area contributed by atoms with Gasteiger partial charge in [0.15, 0.2) is 0 Å². The van der Waals surface area contributed by atoms with Crippen LogP contribution in [-0.2, 0) is 14.3 Å². The van der Waals surface area contributed by atoms with E-state index in [4.69, 9.17) is 9.47 Å². The first kappa shape index (κ1) is 18.8. The van der Waals surface area contributed by atoms with Crippen molar-refractivity contribution in [2.75, 3.05) is 13.2 Å². The van der Waals surface area contributed by atoms with Crippen molar-refractivity contribution in [3.05, 3.63) is 0 Å². The molecule has 2 rings (SSSR count). The highest BCUT2D eigenvalue weighted by atomic mass is 16.5. The van der Waals surface area contributed by atoms with Crippen molar-refractivity contribution < 1.29 is 14.3 Å². The molecule has 0 aromatic heterocycles. The minimum atomic E-state index is -0.169. The first-order valence-electron chi connectivity index (χ1n) is 10.0. The number of carbonyl (C=O) groups is 1. The van der Waals surface area contributed by atoms with Crippen LogP contribution in [0.2, 0.25) is 0 Å². The smallest absolute Gasteiger partial charge is 0.302 e. The molecule has 2 saturated carbocycles. The van der Waals surface area contributed by atoms with E-state index < -0.39 is 0 Å². The molecule has 2 aliphatic carbocycles. The number of ether oxygens (including phenoxy) is 2. The van der Waals surface area contributed by atoms with Crippen LogP contribution in [0.1, 0.15) is 90.4 Å². The molecule has 0 heterocycles. The van der Waals surface area contributed by atoms with Crippen molar-refractivity contribution in [1.29, 1.82) is 0 Å². The van der Waals surface area contributed by atoms with E-state index in [-0.39, 0.29) is 5.97 Å². The molecule has 0 aromatic carbocycles. The van der Waals surface area contributed by atoms with Gasteiger partial charge in [-0.05, 0) is 56.8 Å². The minimum Gasteiger partial charge on any atom is -0.466 e. The predicted octanol–water partition coefficient (Wildman–Crippen LogP) is 5.27. The lowest BCUT2D eigenvalue weighted by molar-refractivity contribution is -0.141. The fourth-order valence-corrected chi connectivity index (χ4v) is 4.36. The van der Waals surface area contributed by atoms with Crippen molar-refractivity contribution in [3.63, 3.8) is 0 Å². The zero-order valence-corrected chi connectivity index (χ0v) is 15.1. The zero-order chi connectivity index (χ0) is 16.3. The molecule has 0 saturated heterocycles. The van der Waals surface area contributed by atoms with E-state index in [1.165, 1.54) is 71.1 Å². The van der Waals surface area contributed by atoms with Crippen LogP contribution in [0.5, 0.6) is 0 Å². The number of rotatable bonds is 9. The van der Waals surface area contributed by atoms with Gasteiger partial charge in [0.1, 0.15) is 0 Å². The molecule has 3 heteroatoms. The van der Waals surface area contributed by atoms with Crippen molar-refractivity contribution in [2.24, 2.45) is 11.8 Å². The summed E-state index contributed by atoms with van der Waals surface area (Å²) in [6.07, 6.45) is 17.7. The van der Waals surface area contributed by atoms with Crippen LogP contribution in [0.4, 0.5) is 0 Å². The third kappa shape index (κ3) is 7.69. The number of esters is 1. The summed E-state index contributed by atoms with van der Waals surface area (Å²) in [6, 6.07) is 0. The lowest BCUT2D eigenvalue weighted by Gasteiger charge is -2.35. The molecule has 3 nitrogen and oxygen atoms in total. The number of unbranched alkanes of at least 4 members (excludes halogenated alkanes) is 3. The molecule has 2 aliphatic rings. The molecule has 0 N–H and O–H groups in total. The van der Waals surface area contributed by atoms with E-state index in [1.54, 1.807) is 0 Å². The molecule has 0 amide bonds.